The Kier molecular flexibility index (Phi) is 5.90. The lowest BCUT2D eigenvalue weighted by molar-refractivity contribution is -0.991. The summed E-state index contributed by atoms with van der Waals surface area (Å²) in [7, 11) is 0. The predicted octanol–water partition coefficient (Wildman–Crippen LogP) is 0.384. The second-order valence-corrected chi connectivity index (χ2v) is 5.54. The molecule has 1 aliphatic rings. The Morgan fingerprint density at radius 2 is 2.16 bits per heavy atom. The Bertz CT molecular complexity index is 777. The quantitative estimate of drug-likeness (QED) is 0.448. The molecule has 0 aliphatic carbocycles. The standard InChI is InChI=1S/C17H19N3O5/c1-10-14(9-18)16(12-4-3-5-13(8-12)20(23)24)15(11(2)19-10)17(22)25-7-6-21/h3-5,8,16,19-21,23H,6-7H2,1-2H3. The van der Waals surface area contributed by atoms with E-state index in [1.165, 1.54) is 12.1 Å². The van der Waals surface area contributed by atoms with E-state index in [1.54, 1.807) is 26.0 Å². The van der Waals surface area contributed by atoms with Gasteiger partial charge in [-0.15, -0.1) is 0 Å². The Morgan fingerprint density at radius 1 is 1.44 bits per heavy atom. The highest BCUT2D eigenvalue weighted by atomic mass is 16.8. The normalized spacial score (nSPS) is 18.5. The van der Waals surface area contributed by atoms with Crippen LogP contribution in [0.25, 0.3) is 0 Å². The first-order chi connectivity index (χ1) is 11.9. The van der Waals surface area contributed by atoms with Gasteiger partial charge in [0.25, 0.3) is 0 Å². The molecule has 0 radical (unpaired) electrons. The van der Waals surface area contributed by atoms with E-state index in [-0.39, 0.29) is 24.5 Å². The second kappa shape index (κ2) is 7.92. The third-order valence-electron chi connectivity index (χ3n) is 3.89. The fourth-order valence-electron chi connectivity index (χ4n) is 2.81. The van der Waals surface area contributed by atoms with Crippen LogP contribution in [0.15, 0.2) is 46.8 Å². The molecule has 8 heteroatoms. The Hall–Kier alpha value is -2.70. The number of nitriles is 1. The number of hydrogen-bond donors (Lipinski definition) is 4. The zero-order valence-corrected chi connectivity index (χ0v) is 13.9. The number of carbonyl (C=O) groups excluding carboxylic acids is 1. The van der Waals surface area contributed by atoms with Crippen LogP contribution in [0.5, 0.6) is 0 Å². The van der Waals surface area contributed by atoms with Crippen LogP contribution >= 0.6 is 0 Å². The monoisotopic (exact) mass is 345 g/mol. The largest absolute Gasteiger partial charge is 0.595 e. The summed E-state index contributed by atoms with van der Waals surface area (Å²) in [6.45, 7) is 2.92. The maximum atomic E-state index is 12.5. The number of carbonyl (C=O) groups is 1. The van der Waals surface area contributed by atoms with Crippen LogP contribution in [0.3, 0.4) is 0 Å². The first-order valence-electron chi connectivity index (χ1n) is 7.60. The molecule has 0 bridgehead atoms. The second-order valence-electron chi connectivity index (χ2n) is 5.54. The summed E-state index contributed by atoms with van der Waals surface area (Å²) >= 11 is 0. The third-order valence-corrected chi connectivity index (χ3v) is 3.89. The summed E-state index contributed by atoms with van der Waals surface area (Å²) in [5.74, 6) is -1.40. The van der Waals surface area contributed by atoms with Crippen molar-refractivity contribution in [3.05, 3.63) is 57.6 Å². The number of rotatable bonds is 5. The van der Waals surface area contributed by atoms with Crippen LogP contribution in [0.2, 0.25) is 0 Å². The number of aliphatic hydroxyl groups is 1. The number of esters is 1. The average Bonchev–Trinajstić information content (AvgIpc) is 2.59. The Balaban J connectivity index is 2.57. The molecule has 1 aromatic carbocycles. The van der Waals surface area contributed by atoms with Gasteiger partial charge in [-0.25, -0.2) is 10.0 Å². The predicted molar refractivity (Wildman–Crippen MR) is 87.2 cm³/mol. The molecule has 0 fully saturated rings. The highest BCUT2D eigenvalue weighted by Gasteiger charge is 2.34. The minimum atomic E-state index is -1.10. The lowest BCUT2D eigenvalue weighted by Gasteiger charge is -2.28. The number of dihydropyridines is 1. The van der Waals surface area contributed by atoms with Gasteiger partial charge in [-0.05, 0) is 19.4 Å². The van der Waals surface area contributed by atoms with Crippen molar-refractivity contribution >= 4 is 11.7 Å². The number of allylic oxidation sites excluding steroid dienone is 3. The zero-order chi connectivity index (χ0) is 18.6. The van der Waals surface area contributed by atoms with Crippen LogP contribution < -0.4 is 10.5 Å². The van der Waals surface area contributed by atoms with Gasteiger partial charge < -0.3 is 20.4 Å². The summed E-state index contributed by atoms with van der Waals surface area (Å²) in [6, 6.07) is 8.20. The molecule has 8 nitrogen and oxygen atoms in total. The summed E-state index contributed by atoms with van der Waals surface area (Å²) in [4.78, 5) is 12.5. The maximum absolute atomic E-state index is 12.5. The molecular formula is C17H19N3O5. The van der Waals surface area contributed by atoms with E-state index in [4.69, 9.17) is 9.84 Å². The summed E-state index contributed by atoms with van der Waals surface area (Å²) in [5, 5.41) is 40.8. The van der Waals surface area contributed by atoms with Gasteiger partial charge in [0.1, 0.15) is 6.61 Å². The molecule has 2 rings (SSSR count). The van der Waals surface area contributed by atoms with Crippen molar-refractivity contribution in [3.63, 3.8) is 0 Å². The van der Waals surface area contributed by atoms with Crippen molar-refractivity contribution in [2.24, 2.45) is 0 Å². The number of ether oxygens (including phenoxy) is 1. The van der Waals surface area contributed by atoms with Gasteiger partial charge in [-0.2, -0.15) is 10.5 Å². The zero-order valence-electron chi connectivity index (χ0n) is 13.9. The molecule has 0 amide bonds. The minimum absolute atomic E-state index is 0.0618. The summed E-state index contributed by atoms with van der Waals surface area (Å²) in [5.41, 5.74) is 2.20. The smallest absolute Gasteiger partial charge is 0.336 e. The van der Waals surface area contributed by atoms with E-state index < -0.39 is 17.1 Å². The molecule has 2 atom stereocenters. The molecule has 0 saturated heterocycles. The van der Waals surface area contributed by atoms with Gasteiger partial charge in [-0.3, -0.25) is 0 Å². The van der Waals surface area contributed by atoms with Crippen LogP contribution in [0.4, 0.5) is 5.69 Å². The molecule has 4 N–H and O–H groups in total. The van der Waals surface area contributed by atoms with E-state index >= 15 is 0 Å². The lowest BCUT2D eigenvalue weighted by atomic mass is 9.81. The first kappa shape index (κ1) is 18.6. The maximum Gasteiger partial charge on any atom is 0.336 e. The number of nitrogens with zero attached hydrogens (tertiary/aromatic N) is 1. The van der Waals surface area contributed by atoms with Crippen LogP contribution in [-0.2, 0) is 9.53 Å². The minimum Gasteiger partial charge on any atom is -0.595 e. The fraction of sp³-hybridized carbons (Fsp3) is 0.294. The average molecular weight is 345 g/mol. The SMILES string of the molecule is CC1=C(C#N)C(c2cccc([NH+]([O-])O)c2)C(C(=O)OCCO)=C(C)N1. The highest BCUT2D eigenvalue weighted by Crippen LogP contribution is 2.38. The highest BCUT2D eigenvalue weighted by molar-refractivity contribution is 5.93. The molecular weight excluding hydrogens is 326 g/mol. The molecule has 2 unspecified atom stereocenters. The molecule has 1 heterocycles. The number of nitrogens with one attached hydrogen (secondary N) is 2. The van der Waals surface area contributed by atoms with Crippen molar-refractivity contribution in [1.82, 2.24) is 5.32 Å². The Morgan fingerprint density at radius 3 is 2.76 bits per heavy atom. The van der Waals surface area contributed by atoms with Gasteiger partial charge in [-0.1, -0.05) is 12.1 Å². The molecule has 25 heavy (non-hydrogen) atoms. The number of hydrogen-bond acceptors (Lipinski definition) is 7. The van der Waals surface area contributed by atoms with E-state index in [1.807, 2.05) is 0 Å². The molecule has 0 aromatic heterocycles. The topological polar surface area (TPSA) is 130 Å². The molecule has 1 aromatic rings. The number of aliphatic hydroxyl groups excluding tert-OH is 1. The van der Waals surface area contributed by atoms with E-state index in [0.717, 1.165) is 0 Å². The molecule has 0 saturated carbocycles. The van der Waals surface area contributed by atoms with Gasteiger partial charge in [0.15, 0.2) is 5.69 Å². The van der Waals surface area contributed by atoms with Crippen molar-refractivity contribution in [3.8, 4) is 6.07 Å². The third kappa shape index (κ3) is 3.87. The summed E-state index contributed by atoms with van der Waals surface area (Å²) in [6.07, 6.45) is 0. The lowest BCUT2D eigenvalue weighted by Crippen LogP contribution is -2.99. The van der Waals surface area contributed by atoms with Crippen molar-refractivity contribution in [1.29, 1.82) is 5.26 Å². The van der Waals surface area contributed by atoms with E-state index in [9.17, 15) is 20.5 Å². The van der Waals surface area contributed by atoms with Crippen molar-refractivity contribution in [2.75, 3.05) is 13.2 Å². The first-order valence-corrected chi connectivity index (χ1v) is 7.60. The summed E-state index contributed by atoms with van der Waals surface area (Å²) < 4.78 is 5.02. The molecule has 132 valence electrons. The van der Waals surface area contributed by atoms with Crippen LogP contribution in [-0.4, -0.2) is 29.5 Å². The number of benzene rings is 1. The van der Waals surface area contributed by atoms with Gasteiger partial charge in [0, 0.05) is 23.5 Å². The van der Waals surface area contributed by atoms with Gasteiger partial charge in [0.05, 0.1) is 29.7 Å². The van der Waals surface area contributed by atoms with E-state index in [2.05, 4.69) is 11.4 Å². The molecule has 0 spiro atoms. The Labute approximate surface area is 144 Å². The van der Waals surface area contributed by atoms with Crippen LogP contribution in [0.1, 0.15) is 25.3 Å². The number of quaternary nitrogens is 1. The van der Waals surface area contributed by atoms with Crippen LogP contribution in [0, 0.1) is 16.5 Å². The van der Waals surface area contributed by atoms with E-state index in [0.29, 0.717) is 22.5 Å². The fourth-order valence-corrected chi connectivity index (χ4v) is 2.81. The van der Waals surface area contributed by atoms with Crippen molar-refractivity contribution in [2.45, 2.75) is 19.8 Å². The van der Waals surface area contributed by atoms with Gasteiger partial charge in [0.2, 0.25) is 0 Å². The van der Waals surface area contributed by atoms with Gasteiger partial charge >= 0.3 is 5.97 Å². The molecule has 1 aliphatic heterocycles. The van der Waals surface area contributed by atoms with Crippen molar-refractivity contribution < 1.29 is 25.1 Å².